The first-order chi connectivity index (χ1) is 7.52. The molecule has 0 spiro atoms. The third-order valence-corrected chi connectivity index (χ3v) is 2.24. The van der Waals surface area contributed by atoms with Crippen molar-refractivity contribution < 1.29 is 26.4 Å². The van der Waals surface area contributed by atoms with Gasteiger partial charge in [-0.05, 0) is 6.92 Å². The highest BCUT2D eigenvalue weighted by molar-refractivity contribution is 7.80. The second-order valence-corrected chi connectivity index (χ2v) is 5.52. The first kappa shape index (κ1) is 18.9. The minimum Gasteiger partial charge on any atom is -0.726 e. The molecule has 0 atom stereocenters. The molecule has 0 aromatic carbocycles. The molecule has 0 N–H and O–H groups in total. The lowest BCUT2D eigenvalue weighted by Crippen LogP contribution is -2.36. The second kappa shape index (κ2) is 8.57. The van der Waals surface area contributed by atoms with Gasteiger partial charge in [0.1, 0.15) is 5.78 Å². The van der Waals surface area contributed by atoms with Crippen LogP contribution in [-0.2, 0) is 19.4 Å². The third kappa shape index (κ3) is 21.4. The topological polar surface area (TPSA) is 83.5 Å². The molecule has 104 valence electrons. The molecular weight excluding hydrogens is 246 g/mol. The van der Waals surface area contributed by atoms with E-state index in [0.717, 1.165) is 17.4 Å². The Morgan fingerprint density at radius 2 is 1.71 bits per heavy atom. The zero-order valence-corrected chi connectivity index (χ0v) is 12.0. The fourth-order valence-corrected chi connectivity index (χ4v) is 1.07. The minimum atomic E-state index is -4.42. The van der Waals surface area contributed by atoms with Crippen LogP contribution in [-0.4, -0.2) is 57.5 Å². The molecule has 6 nitrogen and oxygen atoms in total. The molecule has 0 amide bonds. The van der Waals surface area contributed by atoms with Crippen molar-refractivity contribution in [1.29, 1.82) is 0 Å². The SMILES string of the molecule is CCC(=O)CC[N+](C)(C)C.CCOS(=O)(=O)[O-]. The summed E-state index contributed by atoms with van der Waals surface area (Å²) in [7, 11) is 1.88. The summed E-state index contributed by atoms with van der Waals surface area (Å²) in [6.07, 6.45) is 1.40. The Morgan fingerprint density at radius 1 is 1.24 bits per heavy atom. The molecule has 0 aromatic rings. The average molecular weight is 269 g/mol. The molecule has 0 saturated carbocycles. The highest BCUT2D eigenvalue weighted by Crippen LogP contribution is 1.96. The Balaban J connectivity index is 0. The van der Waals surface area contributed by atoms with E-state index < -0.39 is 10.4 Å². The van der Waals surface area contributed by atoms with E-state index in [2.05, 4.69) is 25.3 Å². The van der Waals surface area contributed by atoms with Gasteiger partial charge in [-0.2, -0.15) is 0 Å². The molecule has 0 aromatic heterocycles. The van der Waals surface area contributed by atoms with Crippen LogP contribution in [0.1, 0.15) is 26.7 Å². The van der Waals surface area contributed by atoms with Crippen molar-refractivity contribution in [3.05, 3.63) is 0 Å². The van der Waals surface area contributed by atoms with Crippen LogP contribution in [0.15, 0.2) is 0 Å². The van der Waals surface area contributed by atoms with Crippen molar-refractivity contribution in [2.75, 3.05) is 34.3 Å². The molecule has 7 heteroatoms. The number of Topliss-reactive ketones (excluding diaryl/α,β-unsaturated/α-hetero) is 1. The summed E-state index contributed by atoms with van der Waals surface area (Å²) in [6.45, 7) is 4.20. The first-order valence-corrected chi connectivity index (χ1v) is 6.77. The normalized spacial score (nSPS) is 11.6. The number of ketones is 1. The predicted molar refractivity (Wildman–Crippen MR) is 64.1 cm³/mol. The largest absolute Gasteiger partial charge is 0.726 e. The van der Waals surface area contributed by atoms with E-state index in [9.17, 15) is 17.8 Å². The number of hydrogen-bond donors (Lipinski definition) is 0. The Bertz CT molecular complexity index is 305. The van der Waals surface area contributed by atoms with Gasteiger partial charge in [-0.25, -0.2) is 8.42 Å². The molecule has 0 bridgehead atoms. The van der Waals surface area contributed by atoms with Crippen LogP contribution in [0.25, 0.3) is 0 Å². The van der Waals surface area contributed by atoms with Crippen LogP contribution in [0.2, 0.25) is 0 Å². The summed E-state index contributed by atoms with van der Waals surface area (Å²) in [5.41, 5.74) is 0. The van der Waals surface area contributed by atoms with Crippen molar-refractivity contribution in [1.82, 2.24) is 0 Å². The number of quaternary nitrogens is 1. The summed E-state index contributed by atoms with van der Waals surface area (Å²) < 4.78 is 32.9. The summed E-state index contributed by atoms with van der Waals surface area (Å²) in [4.78, 5) is 10.8. The Morgan fingerprint density at radius 3 is 1.88 bits per heavy atom. The lowest BCUT2D eigenvalue weighted by atomic mass is 10.2. The maximum Gasteiger partial charge on any atom is 0.217 e. The van der Waals surface area contributed by atoms with Crippen molar-refractivity contribution in [2.45, 2.75) is 26.7 Å². The van der Waals surface area contributed by atoms with E-state index in [-0.39, 0.29) is 6.61 Å². The molecule has 0 aliphatic carbocycles. The van der Waals surface area contributed by atoms with Crippen LogP contribution in [0.5, 0.6) is 0 Å². The average Bonchev–Trinajstić information content (AvgIpc) is 2.12. The molecule has 0 unspecified atom stereocenters. The van der Waals surface area contributed by atoms with Gasteiger partial charge in [0.05, 0.1) is 40.7 Å². The smallest absolute Gasteiger partial charge is 0.217 e. The molecule has 0 radical (unpaired) electrons. The van der Waals surface area contributed by atoms with Crippen LogP contribution >= 0.6 is 0 Å². The van der Waals surface area contributed by atoms with Gasteiger partial charge in [0.15, 0.2) is 0 Å². The van der Waals surface area contributed by atoms with E-state index in [4.69, 9.17) is 0 Å². The van der Waals surface area contributed by atoms with Gasteiger partial charge in [-0.3, -0.25) is 8.98 Å². The third-order valence-electron chi connectivity index (χ3n) is 1.72. The predicted octanol–water partition coefficient (Wildman–Crippen LogP) is 0.545. The number of carbonyl (C=O) groups excluding carboxylic acids is 1. The highest BCUT2D eigenvalue weighted by atomic mass is 32.3. The number of hydrogen-bond acceptors (Lipinski definition) is 5. The lowest BCUT2D eigenvalue weighted by molar-refractivity contribution is -0.869. The Labute approximate surface area is 104 Å². The molecule has 0 rings (SSSR count). The maximum atomic E-state index is 10.8. The van der Waals surface area contributed by atoms with Gasteiger partial charge in [0, 0.05) is 6.42 Å². The molecular formula is C10H23NO5S. The highest BCUT2D eigenvalue weighted by Gasteiger charge is 2.08. The minimum absolute atomic E-state index is 0.0914. The van der Waals surface area contributed by atoms with Gasteiger partial charge < -0.3 is 9.04 Å². The quantitative estimate of drug-likeness (QED) is 0.399. The molecule has 0 saturated heterocycles. The van der Waals surface area contributed by atoms with Crippen LogP contribution < -0.4 is 0 Å². The summed E-state index contributed by atoms with van der Waals surface area (Å²) >= 11 is 0. The van der Waals surface area contributed by atoms with E-state index in [1.165, 1.54) is 6.92 Å². The maximum absolute atomic E-state index is 10.8. The van der Waals surface area contributed by atoms with Crippen LogP contribution in [0.3, 0.4) is 0 Å². The van der Waals surface area contributed by atoms with Crippen molar-refractivity contribution in [3.8, 4) is 0 Å². The van der Waals surface area contributed by atoms with E-state index in [1.807, 2.05) is 6.92 Å². The van der Waals surface area contributed by atoms with Gasteiger partial charge >= 0.3 is 0 Å². The van der Waals surface area contributed by atoms with Crippen molar-refractivity contribution in [2.24, 2.45) is 0 Å². The fourth-order valence-electron chi connectivity index (χ4n) is 0.781. The monoisotopic (exact) mass is 269 g/mol. The number of nitrogens with zero attached hydrogens (tertiary/aromatic N) is 1. The van der Waals surface area contributed by atoms with Gasteiger partial charge in [-0.15, -0.1) is 0 Å². The molecule has 0 heterocycles. The Kier molecular flexibility index (Phi) is 9.51. The van der Waals surface area contributed by atoms with Crippen LogP contribution in [0.4, 0.5) is 0 Å². The summed E-state index contributed by atoms with van der Waals surface area (Å²) in [5.74, 6) is 0.369. The standard InChI is InChI=1S/C8H18NO.C2H6O4S/c1-5-8(10)6-7-9(2,3)4;1-2-6-7(3,4)5/h5-7H2,1-4H3;2H2,1H3,(H,3,4,5)/q+1;/p-1. The fraction of sp³-hybridized carbons (Fsp3) is 0.900. The molecule has 17 heavy (non-hydrogen) atoms. The van der Waals surface area contributed by atoms with Crippen LogP contribution in [0, 0.1) is 0 Å². The van der Waals surface area contributed by atoms with E-state index >= 15 is 0 Å². The van der Waals surface area contributed by atoms with E-state index in [1.54, 1.807) is 0 Å². The number of carbonyl (C=O) groups is 1. The number of rotatable bonds is 6. The second-order valence-electron chi connectivity index (χ2n) is 4.47. The Hall–Kier alpha value is -0.500. The molecule has 0 aliphatic heterocycles. The molecule has 0 fully saturated rings. The lowest BCUT2D eigenvalue weighted by Gasteiger charge is -2.23. The summed E-state index contributed by atoms with van der Waals surface area (Å²) in [5, 5.41) is 0. The molecule has 0 aliphatic rings. The van der Waals surface area contributed by atoms with E-state index in [0.29, 0.717) is 12.2 Å². The van der Waals surface area contributed by atoms with Crippen molar-refractivity contribution in [3.63, 3.8) is 0 Å². The first-order valence-electron chi connectivity index (χ1n) is 5.44. The van der Waals surface area contributed by atoms with Gasteiger partial charge in [-0.1, -0.05) is 6.92 Å². The summed E-state index contributed by atoms with van der Waals surface area (Å²) in [6, 6.07) is 0. The zero-order valence-electron chi connectivity index (χ0n) is 11.2. The van der Waals surface area contributed by atoms with Crippen molar-refractivity contribution >= 4 is 16.2 Å². The van der Waals surface area contributed by atoms with Gasteiger partial charge in [0.2, 0.25) is 10.4 Å². The van der Waals surface area contributed by atoms with Gasteiger partial charge in [0.25, 0.3) is 0 Å². The zero-order chi connectivity index (χ0) is 14.1.